The molecule has 0 aromatic carbocycles. The summed E-state index contributed by atoms with van der Waals surface area (Å²) in [5.74, 6) is 0.893. The van der Waals surface area contributed by atoms with Crippen LogP contribution in [0.1, 0.15) is 32.6 Å². The first kappa shape index (κ1) is 9.20. The lowest BCUT2D eigenvalue weighted by molar-refractivity contribution is -0.130. The van der Waals surface area contributed by atoms with E-state index in [1.54, 1.807) is 0 Å². The minimum atomic E-state index is 0.103. The van der Waals surface area contributed by atoms with Gasteiger partial charge in [0.05, 0.1) is 0 Å². The van der Waals surface area contributed by atoms with Crippen LogP contribution < -0.4 is 0 Å². The van der Waals surface area contributed by atoms with Crippen molar-refractivity contribution in [3.8, 4) is 0 Å². The fourth-order valence-electron chi connectivity index (χ4n) is 2.81. The highest BCUT2D eigenvalue weighted by Gasteiger charge is 2.46. The summed E-state index contributed by atoms with van der Waals surface area (Å²) in [6.45, 7) is 4.31. The van der Waals surface area contributed by atoms with Gasteiger partial charge in [0.2, 0.25) is 0 Å². The molecular formula is C11H19NO. The first-order valence-electron chi connectivity index (χ1n) is 5.37. The van der Waals surface area contributed by atoms with Gasteiger partial charge in [0.15, 0.2) is 0 Å². The van der Waals surface area contributed by atoms with E-state index in [1.807, 2.05) is 0 Å². The van der Waals surface area contributed by atoms with Crippen molar-refractivity contribution in [2.24, 2.45) is 11.3 Å². The molecule has 2 fully saturated rings. The average molecular weight is 181 g/mol. The summed E-state index contributed by atoms with van der Waals surface area (Å²) in [5.41, 5.74) is 0.103. The number of hydrogen-bond acceptors (Lipinski definition) is 2. The minimum absolute atomic E-state index is 0.103. The fourth-order valence-corrected chi connectivity index (χ4v) is 2.81. The quantitative estimate of drug-likeness (QED) is 0.567. The third-order valence-electron chi connectivity index (χ3n) is 3.97. The molecular weight excluding hydrogens is 162 g/mol. The molecule has 2 heteroatoms. The lowest BCUT2D eigenvalue weighted by Gasteiger charge is -2.36. The average Bonchev–Trinajstić information content (AvgIpc) is 2.40. The number of nitrogens with zero attached hydrogens (tertiary/aromatic N) is 1. The fraction of sp³-hybridized carbons (Fsp3) is 0.909. The predicted molar refractivity (Wildman–Crippen MR) is 52.6 cm³/mol. The summed E-state index contributed by atoms with van der Waals surface area (Å²) in [6.07, 6.45) is 4.49. The zero-order chi connectivity index (χ0) is 9.47. The molecule has 0 N–H and O–H groups in total. The molecule has 74 valence electrons. The summed E-state index contributed by atoms with van der Waals surface area (Å²) < 4.78 is 0. The molecule has 0 aromatic heterocycles. The zero-order valence-corrected chi connectivity index (χ0v) is 8.68. The van der Waals surface area contributed by atoms with Crippen LogP contribution in [-0.2, 0) is 4.79 Å². The molecule has 1 saturated heterocycles. The number of carbonyl (C=O) groups is 1. The molecule has 2 nitrogen and oxygen atoms in total. The SMILES string of the molecule is C[C@H]1CCC2(CCN(C)CC2)C1=O. The third-order valence-corrected chi connectivity index (χ3v) is 3.97. The second kappa shape index (κ2) is 3.09. The van der Waals surface area contributed by atoms with E-state index in [-0.39, 0.29) is 5.41 Å². The number of ketones is 1. The number of likely N-dealkylation sites (tertiary alicyclic amines) is 1. The Kier molecular flexibility index (Phi) is 2.18. The second-order valence-corrected chi connectivity index (χ2v) is 4.89. The molecule has 2 rings (SSSR count). The molecule has 1 spiro atoms. The van der Waals surface area contributed by atoms with Crippen LogP contribution in [0, 0.1) is 11.3 Å². The molecule has 1 heterocycles. The van der Waals surface area contributed by atoms with Gasteiger partial charge >= 0.3 is 0 Å². The van der Waals surface area contributed by atoms with E-state index in [2.05, 4.69) is 18.9 Å². The largest absolute Gasteiger partial charge is 0.306 e. The Bertz CT molecular complexity index is 216. The van der Waals surface area contributed by atoms with E-state index in [9.17, 15) is 4.79 Å². The Labute approximate surface area is 80.3 Å². The summed E-state index contributed by atoms with van der Waals surface area (Å²) in [7, 11) is 2.15. The van der Waals surface area contributed by atoms with Crippen LogP contribution in [-0.4, -0.2) is 30.8 Å². The van der Waals surface area contributed by atoms with Crippen LogP contribution in [0.4, 0.5) is 0 Å². The number of carbonyl (C=O) groups excluding carboxylic acids is 1. The van der Waals surface area contributed by atoms with E-state index in [1.165, 1.54) is 0 Å². The van der Waals surface area contributed by atoms with Gasteiger partial charge in [-0.05, 0) is 45.8 Å². The summed E-state index contributed by atoms with van der Waals surface area (Å²) >= 11 is 0. The van der Waals surface area contributed by atoms with E-state index < -0.39 is 0 Å². The molecule has 0 radical (unpaired) electrons. The van der Waals surface area contributed by atoms with Crippen LogP contribution in [0.3, 0.4) is 0 Å². The van der Waals surface area contributed by atoms with Crippen molar-refractivity contribution in [3.05, 3.63) is 0 Å². The molecule has 1 saturated carbocycles. The van der Waals surface area contributed by atoms with Gasteiger partial charge in [0, 0.05) is 11.3 Å². The second-order valence-electron chi connectivity index (χ2n) is 4.89. The normalized spacial score (nSPS) is 34.3. The standard InChI is InChI=1S/C11H19NO/c1-9-3-4-11(10(9)13)5-7-12(2)8-6-11/h9H,3-8H2,1-2H3/t9-/m0/s1. The molecule has 2 aliphatic rings. The lowest BCUT2D eigenvalue weighted by Crippen LogP contribution is -2.41. The first-order chi connectivity index (χ1) is 6.14. The maximum Gasteiger partial charge on any atom is 0.141 e. The van der Waals surface area contributed by atoms with Crippen LogP contribution in [0.2, 0.25) is 0 Å². The van der Waals surface area contributed by atoms with Crippen molar-refractivity contribution in [2.45, 2.75) is 32.6 Å². The highest BCUT2D eigenvalue weighted by molar-refractivity contribution is 5.88. The Morgan fingerprint density at radius 3 is 2.38 bits per heavy atom. The Morgan fingerprint density at radius 2 is 1.92 bits per heavy atom. The number of hydrogen-bond donors (Lipinski definition) is 0. The van der Waals surface area contributed by atoms with Gasteiger partial charge in [0.1, 0.15) is 5.78 Å². The Morgan fingerprint density at radius 1 is 1.31 bits per heavy atom. The summed E-state index contributed by atoms with van der Waals surface area (Å²) in [6, 6.07) is 0. The van der Waals surface area contributed by atoms with E-state index in [4.69, 9.17) is 0 Å². The number of Topliss-reactive ketones (excluding diaryl/α,β-unsaturated/α-hetero) is 1. The van der Waals surface area contributed by atoms with Crippen molar-refractivity contribution in [1.29, 1.82) is 0 Å². The third kappa shape index (κ3) is 1.41. The molecule has 1 aliphatic heterocycles. The molecule has 13 heavy (non-hydrogen) atoms. The van der Waals surface area contributed by atoms with Gasteiger partial charge in [-0.1, -0.05) is 6.92 Å². The smallest absolute Gasteiger partial charge is 0.141 e. The van der Waals surface area contributed by atoms with Crippen LogP contribution in [0.25, 0.3) is 0 Å². The highest BCUT2D eigenvalue weighted by atomic mass is 16.1. The molecule has 0 unspecified atom stereocenters. The number of piperidine rings is 1. The highest BCUT2D eigenvalue weighted by Crippen LogP contribution is 2.45. The predicted octanol–water partition coefficient (Wildman–Crippen LogP) is 1.70. The van der Waals surface area contributed by atoms with Crippen molar-refractivity contribution in [3.63, 3.8) is 0 Å². The van der Waals surface area contributed by atoms with Crippen molar-refractivity contribution < 1.29 is 4.79 Å². The van der Waals surface area contributed by atoms with Gasteiger partial charge in [-0.15, -0.1) is 0 Å². The molecule has 1 aliphatic carbocycles. The first-order valence-corrected chi connectivity index (χ1v) is 5.37. The van der Waals surface area contributed by atoms with Crippen molar-refractivity contribution in [2.75, 3.05) is 20.1 Å². The lowest BCUT2D eigenvalue weighted by atomic mass is 9.75. The van der Waals surface area contributed by atoms with Crippen LogP contribution in [0.5, 0.6) is 0 Å². The van der Waals surface area contributed by atoms with E-state index >= 15 is 0 Å². The van der Waals surface area contributed by atoms with Gasteiger partial charge in [-0.3, -0.25) is 4.79 Å². The maximum absolute atomic E-state index is 12.0. The Balaban J connectivity index is 2.09. The van der Waals surface area contributed by atoms with E-state index in [0.29, 0.717) is 11.7 Å². The topological polar surface area (TPSA) is 20.3 Å². The summed E-state index contributed by atoms with van der Waals surface area (Å²) in [5, 5.41) is 0. The molecule has 0 bridgehead atoms. The van der Waals surface area contributed by atoms with Crippen molar-refractivity contribution in [1.82, 2.24) is 4.90 Å². The van der Waals surface area contributed by atoms with Crippen molar-refractivity contribution >= 4 is 5.78 Å². The van der Waals surface area contributed by atoms with Gasteiger partial charge in [-0.25, -0.2) is 0 Å². The minimum Gasteiger partial charge on any atom is -0.306 e. The van der Waals surface area contributed by atoms with Gasteiger partial charge < -0.3 is 4.90 Å². The van der Waals surface area contributed by atoms with E-state index in [0.717, 1.165) is 38.8 Å². The van der Waals surface area contributed by atoms with Gasteiger partial charge in [-0.2, -0.15) is 0 Å². The summed E-state index contributed by atoms with van der Waals surface area (Å²) in [4.78, 5) is 14.3. The van der Waals surface area contributed by atoms with Gasteiger partial charge in [0.25, 0.3) is 0 Å². The van der Waals surface area contributed by atoms with Crippen LogP contribution >= 0.6 is 0 Å². The Hall–Kier alpha value is -0.370. The molecule has 0 amide bonds. The maximum atomic E-state index is 12.0. The zero-order valence-electron chi connectivity index (χ0n) is 8.68. The van der Waals surface area contributed by atoms with Crippen LogP contribution in [0.15, 0.2) is 0 Å². The number of rotatable bonds is 0. The molecule has 1 atom stereocenters. The monoisotopic (exact) mass is 181 g/mol. The molecule has 0 aromatic rings.